The summed E-state index contributed by atoms with van der Waals surface area (Å²) < 4.78 is 0. The van der Waals surface area contributed by atoms with Gasteiger partial charge in [-0.2, -0.15) is 0 Å². The van der Waals surface area contributed by atoms with Gasteiger partial charge in [0.05, 0.1) is 6.61 Å². The lowest BCUT2D eigenvalue weighted by Gasteiger charge is -2.28. The van der Waals surface area contributed by atoms with Crippen LogP contribution < -0.4 is 0 Å². The molecule has 0 radical (unpaired) electrons. The number of aliphatic hydroxyl groups is 5. The third-order valence-electron chi connectivity index (χ3n) is 7.21. The van der Waals surface area contributed by atoms with E-state index in [1.54, 1.807) is 7.05 Å². The normalized spacial score (nSPS) is 15.0. The zero-order valence-electron chi connectivity index (χ0n) is 23.5. The zero-order valence-corrected chi connectivity index (χ0v) is 23.5. The molecule has 36 heavy (non-hydrogen) atoms. The first kappa shape index (κ1) is 35.3. The van der Waals surface area contributed by atoms with Crippen LogP contribution in [0.1, 0.15) is 135 Å². The predicted octanol–water partition coefficient (Wildman–Crippen LogP) is 4.70. The lowest BCUT2D eigenvalue weighted by molar-refractivity contribution is -0.138. The molecule has 0 rings (SSSR count). The Morgan fingerprint density at radius 3 is 1.28 bits per heavy atom. The van der Waals surface area contributed by atoms with Gasteiger partial charge in [-0.05, 0) is 6.42 Å². The monoisotopic (exact) mass is 517 g/mol. The molecule has 7 nitrogen and oxygen atoms in total. The average Bonchev–Trinajstić information content (AvgIpc) is 2.88. The van der Waals surface area contributed by atoms with Crippen LogP contribution in [0.25, 0.3) is 0 Å². The molecule has 7 heteroatoms. The summed E-state index contributed by atoms with van der Waals surface area (Å²) in [5, 5.41) is 47.7. The molecule has 0 spiro atoms. The molecule has 0 heterocycles. The second kappa shape index (κ2) is 24.6. The molecule has 0 bridgehead atoms. The van der Waals surface area contributed by atoms with Crippen molar-refractivity contribution >= 4 is 5.91 Å². The van der Waals surface area contributed by atoms with Gasteiger partial charge in [0.15, 0.2) is 0 Å². The van der Waals surface area contributed by atoms with Crippen molar-refractivity contribution in [3.8, 4) is 0 Å². The van der Waals surface area contributed by atoms with E-state index in [1.807, 2.05) is 0 Å². The Morgan fingerprint density at radius 2 is 0.917 bits per heavy atom. The van der Waals surface area contributed by atoms with Gasteiger partial charge in [0.25, 0.3) is 0 Å². The van der Waals surface area contributed by atoms with E-state index in [-0.39, 0.29) is 12.5 Å². The number of hydrogen-bond donors (Lipinski definition) is 5. The van der Waals surface area contributed by atoms with Gasteiger partial charge >= 0.3 is 0 Å². The lowest BCUT2D eigenvalue weighted by Crippen LogP contribution is -2.49. The van der Waals surface area contributed by atoms with Crippen LogP contribution in [0.5, 0.6) is 0 Å². The molecule has 0 aliphatic heterocycles. The van der Waals surface area contributed by atoms with E-state index in [0.29, 0.717) is 6.42 Å². The molecule has 4 unspecified atom stereocenters. The summed E-state index contributed by atoms with van der Waals surface area (Å²) in [4.78, 5) is 13.6. The van der Waals surface area contributed by atoms with Crippen molar-refractivity contribution in [2.45, 2.75) is 160 Å². The third kappa shape index (κ3) is 19.4. The lowest BCUT2D eigenvalue weighted by atomic mass is 10.0. The maximum atomic E-state index is 12.2. The number of carbonyl (C=O) groups excluding carboxylic acids is 1. The van der Waals surface area contributed by atoms with Gasteiger partial charge in [0.2, 0.25) is 5.91 Å². The van der Waals surface area contributed by atoms with Gasteiger partial charge in [0, 0.05) is 20.0 Å². The van der Waals surface area contributed by atoms with Crippen molar-refractivity contribution in [2.75, 3.05) is 20.2 Å². The molecule has 0 aromatic rings. The number of unbranched alkanes of at least 4 members (excludes halogenated alkanes) is 18. The van der Waals surface area contributed by atoms with E-state index in [4.69, 9.17) is 5.11 Å². The van der Waals surface area contributed by atoms with Crippen molar-refractivity contribution in [3.05, 3.63) is 0 Å². The van der Waals surface area contributed by atoms with Gasteiger partial charge in [-0.15, -0.1) is 0 Å². The second-order valence-corrected chi connectivity index (χ2v) is 10.7. The fourth-order valence-electron chi connectivity index (χ4n) is 4.60. The SMILES string of the molecule is CCCCCCCCCCCCCCCCCCCCCC(=O)N(C)CC(O)C(O)C(O)C(O)CO. The molecule has 0 saturated carbocycles. The van der Waals surface area contributed by atoms with Crippen LogP contribution in [0.2, 0.25) is 0 Å². The molecule has 0 aromatic carbocycles. The van der Waals surface area contributed by atoms with Crippen molar-refractivity contribution in [1.82, 2.24) is 4.90 Å². The summed E-state index contributed by atoms with van der Waals surface area (Å²) in [5.41, 5.74) is 0. The maximum Gasteiger partial charge on any atom is 0.222 e. The quantitative estimate of drug-likeness (QED) is 0.106. The number of hydrogen-bond acceptors (Lipinski definition) is 6. The minimum atomic E-state index is -1.67. The van der Waals surface area contributed by atoms with E-state index in [1.165, 1.54) is 108 Å². The Kier molecular flexibility index (Phi) is 24.1. The van der Waals surface area contributed by atoms with E-state index < -0.39 is 31.0 Å². The molecule has 0 aromatic heterocycles. The number of carbonyl (C=O) groups is 1. The molecule has 0 aliphatic carbocycles. The van der Waals surface area contributed by atoms with Crippen molar-refractivity contribution in [2.24, 2.45) is 0 Å². The van der Waals surface area contributed by atoms with Gasteiger partial charge in [0.1, 0.15) is 24.4 Å². The minimum absolute atomic E-state index is 0.120. The number of aliphatic hydroxyl groups excluding tert-OH is 5. The molecule has 0 aliphatic rings. The van der Waals surface area contributed by atoms with Crippen LogP contribution >= 0.6 is 0 Å². The first-order chi connectivity index (χ1) is 17.3. The summed E-state index contributed by atoms with van der Waals surface area (Å²) in [6, 6.07) is 0. The summed E-state index contributed by atoms with van der Waals surface area (Å²) >= 11 is 0. The average molecular weight is 518 g/mol. The molecule has 5 N–H and O–H groups in total. The zero-order chi connectivity index (χ0) is 27.0. The van der Waals surface area contributed by atoms with Crippen molar-refractivity contribution < 1.29 is 30.3 Å². The highest BCUT2D eigenvalue weighted by atomic mass is 16.4. The maximum absolute atomic E-state index is 12.2. The number of amides is 1. The van der Waals surface area contributed by atoms with Crippen LogP contribution in [0.3, 0.4) is 0 Å². The van der Waals surface area contributed by atoms with Gasteiger partial charge in [-0.1, -0.05) is 122 Å². The van der Waals surface area contributed by atoms with E-state index in [0.717, 1.165) is 19.3 Å². The van der Waals surface area contributed by atoms with E-state index >= 15 is 0 Å². The first-order valence-electron chi connectivity index (χ1n) is 14.9. The highest BCUT2D eigenvalue weighted by Crippen LogP contribution is 2.15. The van der Waals surface area contributed by atoms with Crippen LogP contribution in [0, 0.1) is 0 Å². The fourth-order valence-corrected chi connectivity index (χ4v) is 4.60. The topological polar surface area (TPSA) is 121 Å². The molecule has 0 saturated heterocycles. The highest BCUT2D eigenvalue weighted by Gasteiger charge is 2.31. The largest absolute Gasteiger partial charge is 0.394 e. The molecule has 216 valence electrons. The first-order valence-corrected chi connectivity index (χ1v) is 14.9. The summed E-state index contributed by atoms with van der Waals surface area (Å²) in [6.45, 7) is 1.40. The Hall–Kier alpha value is -0.730. The molecule has 1 amide bonds. The Labute approximate surface area is 221 Å². The number of likely N-dealkylation sites (N-methyl/N-ethyl adjacent to an activating group) is 1. The summed E-state index contributed by atoms with van der Waals surface area (Å²) in [7, 11) is 1.54. The fraction of sp³-hybridized carbons (Fsp3) is 0.966. The smallest absolute Gasteiger partial charge is 0.222 e. The van der Waals surface area contributed by atoms with Gasteiger partial charge < -0.3 is 30.4 Å². The summed E-state index contributed by atoms with van der Waals surface area (Å²) in [6.07, 6.45) is 18.9. The molecule has 4 atom stereocenters. The van der Waals surface area contributed by atoms with E-state index in [2.05, 4.69) is 6.92 Å². The molecular weight excluding hydrogens is 458 g/mol. The van der Waals surface area contributed by atoms with Crippen LogP contribution in [-0.2, 0) is 4.79 Å². The second-order valence-electron chi connectivity index (χ2n) is 10.7. The van der Waals surface area contributed by atoms with Crippen LogP contribution in [-0.4, -0.2) is 81.0 Å². The van der Waals surface area contributed by atoms with Crippen molar-refractivity contribution in [1.29, 1.82) is 0 Å². The summed E-state index contributed by atoms with van der Waals surface area (Å²) in [5.74, 6) is -0.120. The Morgan fingerprint density at radius 1 is 0.583 bits per heavy atom. The number of rotatable bonds is 26. The standard InChI is InChI=1S/C29H59NO6/c1-3-4-5-6-7-8-9-10-11-12-13-14-15-16-17-18-19-20-21-22-27(34)30(2)23-25(32)28(35)29(36)26(33)24-31/h25-26,28-29,31-33,35-36H,3-24H2,1-2H3. The van der Waals surface area contributed by atoms with Gasteiger partial charge in [-0.3, -0.25) is 4.79 Å². The predicted molar refractivity (Wildman–Crippen MR) is 147 cm³/mol. The third-order valence-corrected chi connectivity index (χ3v) is 7.21. The molecular formula is C29H59NO6. The van der Waals surface area contributed by atoms with Crippen molar-refractivity contribution in [3.63, 3.8) is 0 Å². The minimum Gasteiger partial charge on any atom is -0.394 e. The van der Waals surface area contributed by atoms with E-state index in [9.17, 15) is 25.2 Å². The Bertz CT molecular complexity index is 492. The number of nitrogens with zero attached hydrogens (tertiary/aromatic N) is 1. The Balaban J connectivity index is 3.51. The highest BCUT2D eigenvalue weighted by molar-refractivity contribution is 5.75. The van der Waals surface area contributed by atoms with Crippen LogP contribution in [0.4, 0.5) is 0 Å². The van der Waals surface area contributed by atoms with Gasteiger partial charge in [-0.25, -0.2) is 0 Å². The van der Waals surface area contributed by atoms with Crippen LogP contribution in [0.15, 0.2) is 0 Å². The molecule has 0 fully saturated rings.